The fourth-order valence-corrected chi connectivity index (χ4v) is 2.99. The summed E-state index contributed by atoms with van der Waals surface area (Å²) in [6.07, 6.45) is 0. The van der Waals surface area contributed by atoms with Gasteiger partial charge >= 0.3 is 0 Å². The van der Waals surface area contributed by atoms with Crippen LogP contribution >= 0.6 is 27.5 Å². The summed E-state index contributed by atoms with van der Waals surface area (Å²) in [5, 5.41) is 7.64. The maximum absolute atomic E-state index is 12.4. The molecular formula is C16H19BrClN3O2. The molecule has 2 rings (SSSR count). The quantitative estimate of drug-likeness (QED) is 0.794. The lowest BCUT2D eigenvalue weighted by Gasteiger charge is -2.16. The molecule has 1 heterocycles. The van der Waals surface area contributed by atoms with Gasteiger partial charge in [0.25, 0.3) is 5.91 Å². The number of halogens is 2. The van der Waals surface area contributed by atoms with Gasteiger partial charge < -0.3 is 9.64 Å². The number of benzene rings is 1. The second-order valence-electron chi connectivity index (χ2n) is 5.49. The zero-order chi connectivity index (χ0) is 17.0. The monoisotopic (exact) mass is 399 g/mol. The molecule has 0 aliphatic rings. The Labute approximate surface area is 149 Å². The molecule has 23 heavy (non-hydrogen) atoms. The number of hydrogen-bond donors (Lipinski definition) is 1. The lowest BCUT2D eigenvalue weighted by Crippen LogP contribution is -2.31. The minimum absolute atomic E-state index is 0.158. The molecule has 1 aromatic carbocycles. The van der Waals surface area contributed by atoms with Gasteiger partial charge in [-0.3, -0.25) is 9.89 Å². The minimum atomic E-state index is -0.158. The van der Waals surface area contributed by atoms with E-state index in [4.69, 9.17) is 16.3 Å². The van der Waals surface area contributed by atoms with E-state index in [0.29, 0.717) is 29.6 Å². The molecule has 0 aliphatic carbocycles. The molecule has 2 aromatic rings. The second kappa shape index (κ2) is 7.84. The summed E-state index contributed by atoms with van der Waals surface area (Å²) in [6, 6.07) is 7.17. The molecule has 0 atom stereocenters. The molecule has 0 saturated carbocycles. The van der Waals surface area contributed by atoms with E-state index in [0.717, 1.165) is 10.2 Å². The zero-order valence-electron chi connectivity index (χ0n) is 13.3. The topological polar surface area (TPSA) is 58.2 Å². The van der Waals surface area contributed by atoms with Crippen molar-refractivity contribution < 1.29 is 9.53 Å². The Hall–Kier alpha value is -1.53. The van der Waals surface area contributed by atoms with Gasteiger partial charge in [0.1, 0.15) is 12.4 Å². The molecule has 1 N–H and O–H groups in total. The Morgan fingerprint density at radius 1 is 1.48 bits per heavy atom. The third-order valence-electron chi connectivity index (χ3n) is 3.35. The van der Waals surface area contributed by atoms with E-state index >= 15 is 0 Å². The van der Waals surface area contributed by atoms with Crippen LogP contribution in [0.25, 0.3) is 0 Å². The summed E-state index contributed by atoms with van der Waals surface area (Å²) >= 11 is 9.35. The molecule has 1 aromatic heterocycles. The second-order valence-corrected chi connectivity index (χ2v) is 6.72. The van der Waals surface area contributed by atoms with Gasteiger partial charge in [-0.2, -0.15) is 5.10 Å². The first-order valence-corrected chi connectivity index (χ1v) is 8.44. The summed E-state index contributed by atoms with van der Waals surface area (Å²) in [4.78, 5) is 14.0. The van der Waals surface area contributed by atoms with E-state index in [2.05, 4.69) is 26.1 Å². The minimum Gasteiger partial charge on any atom is -0.492 e. The number of rotatable bonds is 6. The highest BCUT2D eigenvalue weighted by Crippen LogP contribution is 2.26. The van der Waals surface area contributed by atoms with Crippen LogP contribution in [-0.2, 0) is 0 Å². The number of aromatic amines is 1. The van der Waals surface area contributed by atoms with E-state index in [9.17, 15) is 4.79 Å². The zero-order valence-corrected chi connectivity index (χ0v) is 15.6. The van der Waals surface area contributed by atoms with Crippen LogP contribution in [0.4, 0.5) is 0 Å². The molecule has 0 bridgehead atoms. The summed E-state index contributed by atoms with van der Waals surface area (Å²) in [5.74, 6) is 0.783. The molecule has 5 nitrogen and oxygen atoms in total. The number of hydrogen-bond acceptors (Lipinski definition) is 3. The number of carbonyl (C=O) groups excluding carboxylic acids is 1. The molecule has 0 fully saturated rings. The average Bonchev–Trinajstić information content (AvgIpc) is 2.88. The highest BCUT2D eigenvalue weighted by molar-refractivity contribution is 9.10. The van der Waals surface area contributed by atoms with Crippen molar-refractivity contribution in [1.82, 2.24) is 15.1 Å². The number of amides is 1. The third-order valence-corrected chi connectivity index (χ3v) is 4.39. The molecular weight excluding hydrogens is 382 g/mol. The molecule has 124 valence electrons. The Morgan fingerprint density at radius 2 is 2.22 bits per heavy atom. The largest absolute Gasteiger partial charge is 0.492 e. The van der Waals surface area contributed by atoms with E-state index in [1.54, 1.807) is 24.1 Å². The van der Waals surface area contributed by atoms with Gasteiger partial charge in [-0.15, -0.1) is 0 Å². The van der Waals surface area contributed by atoms with E-state index in [1.807, 2.05) is 26.0 Å². The third kappa shape index (κ3) is 4.48. The summed E-state index contributed by atoms with van der Waals surface area (Å²) in [5.41, 5.74) is 1.30. The van der Waals surface area contributed by atoms with Crippen molar-refractivity contribution in [3.63, 3.8) is 0 Å². The van der Waals surface area contributed by atoms with Crippen LogP contribution in [0.1, 0.15) is 35.9 Å². The number of likely N-dealkylation sites (N-methyl/N-ethyl adjacent to an activating group) is 1. The molecule has 0 unspecified atom stereocenters. The molecule has 0 aliphatic heterocycles. The van der Waals surface area contributed by atoms with Crippen molar-refractivity contribution in [2.75, 3.05) is 20.2 Å². The van der Waals surface area contributed by atoms with Gasteiger partial charge in [0.15, 0.2) is 5.69 Å². The van der Waals surface area contributed by atoms with Gasteiger partial charge in [0.05, 0.1) is 16.7 Å². The van der Waals surface area contributed by atoms with E-state index in [1.165, 1.54) is 0 Å². The molecule has 0 spiro atoms. The normalized spacial score (nSPS) is 10.9. The molecule has 1 amide bonds. The van der Waals surface area contributed by atoms with E-state index in [-0.39, 0.29) is 11.8 Å². The van der Waals surface area contributed by atoms with Gasteiger partial charge in [0, 0.05) is 12.1 Å². The van der Waals surface area contributed by atoms with Gasteiger partial charge in [-0.25, -0.2) is 0 Å². The maximum Gasteiger partial charge on any atom is 0.275 e. The molecule has 0 radical (unpaired) electrons. The lowest BCUT2D eigenvalue weighted by molar-refractivity contribution is 0.0767. The standard InChI is InChI=1S/C16H19BrClN3O2/c1-10(2)14-13(17)15(20-19-14)16(22)21(3)7-8-23-12-6-4-5-11(18)9-12/h4-6,9-10H,7-8H2,1-3H3,(H,19,20). The van der Waals surface area contributed by atoms with Crippen LogP contribution < -0.4 is 4.74 Å². The first kappa shape index (κ1) is 17.8. The number of ether oxygens (including phenoxy) is 1. The number of H-pyrrole nitrogens is 1. The van der Waals surface area contributed by atoms with Gasteiger partial charge in [-0.05, 0) is 40.0 Å². The summed E-state index contributed by atoms with van der Waals surface area (Å²) in [7, 11) is 1.72. The Morgan fingerprint density at radius 3 is 2.83 bits per heavy atom. The van der Waals surface area contributed by atoms with Crippen molar-refractivity contribution in [3.05, 3.63) is 45.1 Å². The number of nitrogens with one attached hydrogen (secondary N) is 1. The van der Waals surface area contributed by atoms with Crippen molar-refractivity contribution in [2.45, 2.75) is 19.8 Å². The highest BCUT2D eigenvalue weighted by Gasteiger charge is 2.22. The summed E-state index contributed by atoms with van der Waals surface area (Å²) in [6.45, 7) is 4.90. The smallest absolute Gasteiger partial charge is 0.275 e. The molecule has 0 saturated heterocycles. The Bertz CT molecular complexity index is 688. The van der Waals surface area contributed by atoms with Crippen LogP contribution in [0.3, 0.4) is 0 Å². The SMILES string of the molecule is CC(C)c1[nH]nc(C(=O)N(C)CCOc2cccc(Cl)c2)c1Br. The van der Waals surface area contributed by atoms with Crippen molar-refractivity contribution in [3.8, 4) is 5.75 Å². The van der Waals surface area contributed by atoms with Crippen LogP contribution in [0.5, 0.6) is 5.75 Å². The molecule has 7 heteroatoms. The fourth-order valence-electron chi connectivity index (χ4n) is 2.01. The number of nitrogens with zero attached hydrogens (tertiary/aromatic N) is 2. The maximum atomic E-state index is 12.4. The summed E-state index contributed by atoms with van der Waals surface area (Å²) < 4.78 is 6.32. The van der Waals surface area contributed by atoms with Gasteiger partial charge in [0.2, 0.25) is 0 Å². The first-order chi connectivity index (χ1) is 10.9. The number of aromatic nitrogens is 2. The Kier molecular flexibility index (Phi) is 6.07. The highest BCUT2D eigenvalue weighted by atomic mass is 79.9. The van der Waals surface area contributed by atoms with Gasteiger partial charge in [-0.1, -0.05) is 31.5 Å². The van der Waals surface area contributed by atoms with Crippen molar-refractivity contribution in [2.24, 2.45) is 0 Å². The predicted octanol–water partition coefficient (Wildman–Crippen LogP) is 4.10. The number of carbonyl (C=O) groups is 1. The van der Waals surface area contributed by atoms with Crippen LogP contribution in [-0.4, -0.2) is 41.2 Å². The lowest BCUT2D eigenvalue weighted by atomic mass is 10.1. The fraction of sp³-hybridized carbons (Fsp3) is 0.375. The van der Waals surface area contributed by atoms with Crippen LogP contribution in [0.15, 0.2) is 28.7 Å². The van der Waals surface area contributed by atoms with Crippen LogP contribution in [0.2, 0.25) is 5.02 Å². The predicted molar refractivity (Wildman–Crippen MR) is 94.3 cm³/mol. The van der Waals surface area contributed by atoms with Crippen molar-refractivity contribution in [1.29, 1.82) is 0 Å². The van der Waals surface area contributed by atoms with Crippen molar-refractivity contribution >= 4 is 33.4 Å². The van der Waals surface area contributed by atoms with E-state index < -0.39 is 0 Å². The van der Waals surface area contributed by atoms with Crippen LogP contribution in [0, 0.1) is 0 Å². The Balaban J connectivity index is 1.93. The average molecular weight is 401 g/mol. The first-order valence-electron chi connectivity index (χ1n) is 7.27.